The lowest BCUT2D eigenvalue weighted by atomic mass is 10.0. The minimum Gasteiger partial charge on any atom is -0.382 e. The Morgan fingerprint density at radius 1 is 1.24 bits per heavy atom. The third-order valence-corrected chi connectivity index (χ3v) is 3.07. The van der Waals surface area contributed by atoms with Crippen molar-refractivity contribution in [1.29, 1.82) is 0 Å². The van der Waals surface area contributed by atoms with Gasteiger partial charge in [-0.2, -0.15) is 0 Å². The highest BCUT2D eigenvalue weighted by Gasteiger charge is 2.13. The second-order valence-electron chi connectivity index (χ2n) is 3.60. The highest BCUT2D eigenvalue weighted by atomic mass is 35.5. The van der Waals surface area contributed by atoms with Crippen molar-refractivity contribution in [2.24, 2.45) is 0 Å². The first kappa shape index (κ1) is 12.1. The summed E-state index contributed by atoms with van der Waals surface area (Å²) < 4.78 is 13.4. The van der Waals surface area contributed by atoms with Crippen molar-refractivity contribution in [3.05, 3.63) is 45.7 Å². The molecular formula is C12H9Cl2FN2. The highest BCUT2D eigenvalue weighted by molar-refractivity contribution is 6.37. The summed E-state index contributed by atoms with van der Waals surface area (Å²) in [4.78, 5) is 4.09. The number of hydrogen-bond donors (Lipinski definition) is 1. The smallest absolute Gasteiger partial charge is 0.143 e. The van der Waals surface area contributed by atoms with Gasteiger partial charge in [0, 0.05) is 5.56 Å². The lowest BCUT2D eigenvalue weighted by Crippen LogP contribution is -1.97. The van der Waals surface area contributed by atoms with Gasteiger partial charge < -0.3 is 5.73 Å². The third-order valence-electron chi connectivity index (χ3n) is 2.48. The average molecular weight is 271 g/mol. The quantitative estimate of drug-likeness (QED) is 0.848. The summed E-state index contributed by atoms with van der Waals surface area (Å²) in [7, 11) is 0. The van der Waals surface area contributed by atoms with Crippen LogP contribution in [0.1, 0.15) is 5.56 Å². The minimum absolute atomic E-state index is 0.176. The van der Waals surface area contributed by atoms with Crippen molar-refractivity contribution in [3.8, 4) is 11.3 Å². The summed E-state index contributed by atoms with van der Waals surface area (Å²) in [6.45, 7) is 1.66. The number of nitrogens with zero attached hydrogens (tertiary/aromatic N) is 1. The highest BCUT2D eigenvalue weighted by Crippen LogP contribution is 2.33. The molecule has 0 unspecified atom stereocenters. The average Bonchev–Trinajstić information content (AvgIpc) is 2.28. The fraction of sp³-hybridized carbons (Fsp3) is 0.0833. The molecule has 0 aliphatic rings. The molecule has 0 atom stereocenters. The zero-order chi connectivity index (χ0) is 12.6. The van der Waals surface area contributed by atoms with E-state index < -0.39 is 0 Å². The van der Waals surface area contributed by atoms with E-state index in [2.05, 4.69) is 4.98 Å². The molecule has 0 spiro atoms. The molecule has 0 radical (unpaired) electrons. The van der Waals surface area contributed by atoms with E-state index in [1.54, 1.807) is 19.1 Å². The predicted octanol–water partition coefficient (Wildman–Crippen LogP) is 4.09. The molecule has 17 heavy (non-hydrogen) atoms. The molecule has 0 aliphatic heterocycles. The van der Waals surface area contributed by atoms with E-state index in [0.717, 1.165) is 0 Å². The van der Waals surface area contributed by atoms with Crippen LogP contribution in [0.2, 0.25) is 10.0 Å². The standard InChI is InChI=1S/C12H9Cl2FN2/c1-6-7(3-2-4-10(6)15)11-8(13)5-9(14)12(16)17-11/h2-5H,1H3,(H2,16,17). The number of halogens is 3. The van der Waals surface area contributed by atoms with Gasteiger partial charge in [-0.15, -0.1) is 0 Å². The Kier molecular flexibility index (Phi) is 3.22. The van der Waals surface area contributed by atoms with E-state index in [4.69, 9.17) is 28.9 Å². The van der Waals surface area contributed by atoms with E-state index >= 15 is 0 Å². The minimum atomic E-state index is -0.311. The predicted molar refractivity (Wildman–Crippen MR) is 68.8 cm³/mol. The SMILES string of the molecule is Cc1c(F)cccc1-c1nc(N)c(Cl)cc1Cl. The van der Waals surface area contributed by atoms with Crippen molar-refractivity contribution in [3.63, 3.8) is 0 Å². The molecule has 0 aliphatic carbocycles. The molecule has 1 aromatic carbocycles. The molecule has 2 N–H and O–H groups in total. The molecule has 0 bridgehead atoms. The van der Waals surface area contributed by atoms with Gasteiger partial charge in [-0.05, 0) is 24.6 Å². The van der Waals surface area contributed by atoms with Gasteiger partial charge in [0.15, 0.2) is 0 Å². The number of hydrogen-bond acceptors (Lipinski definition) is 2. The summed E-state index contributed by atoms with van der Waals surface area (Å²) in [5.41, 5.74) is 7.14. The van der Waals surface area contributed by atoms with Crippen LogP contribution in [0.3, 0.4) is 0 Å². The number of benzene rings is 1. The van der Waals surface area contributed by atoms with Crippen molar-refractivity contribution in [1.82, 2.24) is 4.98 Å². The first-order chi connectivity index (χ1) is 8.00. The fourth-order valence-corrected chi connectivity index (χ4v) is 1.99. The number of anilines is 1. The maximum absolute atomic E-state index is 13.4. The summed E-state index contributed by atoms with van der Waals surface area (Å²) in [5.74, 6) is -0.136. The number of aromatic nitrogens is 1. The summed E-state index contributed by atoms with van der Waals surface area (Å²) in [6, 6.07) is 6.22. The van der Waals surface area contributed by atoms with Crippen molar-refractivity contribution in [2.45, 2.75) is 6.92 Å². The fourth-order valence-electron chi connectivity index (χ4n) is 1.53. The van der Waals surface area contributed by atoms with Gasteiger partial charge >= 0.3 is 0 Å². The van der Waals surface area contributed by atoms with E-state index in [-0.39, 0.29) is 16.7 Å². The lowest BCUT2D eigenvalue weighted by molar-refractivity contribution is 0.619. The van der Waals surface area contributed by atoms with Gasteiger partial charge in [0.25, 0.3) is 0 Å². The molecule has 1 aromatic heterocycles. The molecule has 2 nitrogen and oxygen atoms in total. The number of nitrogens with two attached hydrogens (primary N) is 1. The Morgan fingerprint density at radius 3 is 2.65 bits per heavy atom. The van der Waals surface area contributed by atoms with Crippen molar-refractivity contribution >= 4 is 29.0 Å². The Hall–Kier alpha value is -1.32. The lowest BCUT2D eigenvalue weighted by Gasteiger charge is -2.09. The van der Waals surface area contributed by atoms with Crippen LogP contribution >= 0.6 is 23.2 Å². The van der Waals surface area contributed by atoms with Gasteiger partial charge in [-0.3, -0.25) is 0 Å². The first-order valence-corrected chi connectivity index (χ1v) is 5.63. The molecule has 2 aromatic rings. The molecule has 0 fully saturated rings. The van der Waals surface area contributed by atoms with Crippen molar-refractivity contribution in [2.75, 3.05) is 5.73 Å². The Morgan fingerprint density at radius 2 is 1.94 bits per heavy atom. The molecule has 0 saturated heterocycles. The monoisotopic (exact) mass is 270 g/mol. The van der Waals surface area contributed by atoms with Crippen LogP contribution in [0.5, 0.6) is 0 Å². The van der Waals surface area contributed by atoms with Crippen LogP contribution in [-0.4, -0.2) is 4.98 Å². The zero-order valence-electron chi connectivity index (χ0n) is 8.97. The van der Waals surface area contributed by atoms with Crippen LogP contribution in [0.15, 0.2) is 24.3 Å². The molecule has 2 rings (SSSR count). The van der Waals surface area contributed by atoms with Gasteiger partial charge in [0.2, 0.25) is 0 Å². The largest absolute Gasteiger partial charge is 0.382 e. The summed E-state index contributed by atoms with van der Waals surface area (Å²) in [5, 5.41) is 0.630. The normalized spacial score (nSPS) is 10.6. The van der Waals surface area contributed by atoms with Crippen LogP contribution in [0.25, 0.3) is 11.3 Å². The molecule has 0 saturated carbocycles. The van der Waals surface area contributed by atoms with E-state index in [0.29, 0.717) is 21.8 Å². The summed E-state index contributed by atoms with van der Waals surface area (Å²) >= 11 is 11.8. The maximum atomic E-state index is 13.4. The number of pyridine rings is 1. The van der Waals surface area contributed by atoms with Crippen LogP contribution in [0, 0.1) is 12.7 Å². The first-order valence-electron chi connectivity index (χ1n) is 4.87. The molecule has 88 valence electrons. The molecule has 1 heterocycles. The summed E-state index contributed by atoms with van der Waals surface area (Å²) in [6.07, 6.45) is 0. The Bertz CT molecular complexity index is 585. The molecular weight excluding hydrogens is 262 g/mol. The number of rotatable bonds is 1. The maximum Gasteiger partial charge on any atom is 0.143 e. The molecule has 5 heteroatoms. The van der Waals surface area contributed by atoms with Gasteiger partial charge in [0.1, 0.15) is 11.6 Å². The topological polar surface area (TPSA) is 38.9 Å². The third kappa shape index (κ3) is 2.21. The Balaban J connectivity index is 2.69. The van der Waals surface area contributed by atoms with Gasteiger partial charge in [-0.1, -0.05) is 35.3 Å². The van der Waals surface area contributed by atoms with E-state index in [1.165, 1.54) is 12.1 Å². The van der Waals surface area contributed by atoms with Crippen molar-refractivity contribution < 1.29 is 4.39 Å². The van der Waals surface area contributed by atoms with Gasteiger partial charge in [0.05, 0.1) is 15.7 Å². The van der Waals surface area contributed by atoms with Crippen LogP contribution in [0.4, 0.5) is 10.2 Å². The number of nitrogen functional groups attached to an aromatic ring is 1. The van der Waals surface area contributed by atoms with Crippen LogP contribution in [-0.2, 0) is 0 Å². The Labute approximate surface area is 108 Å². The second-order valence-corrected chi connectivity index (χ2v) is 4.41. The van der Waals surface area contributed by atoms with E-state index in [9.17, 15) is 4.39 Å². The molecule has 0 amide bonds. The van der Waals surface area contributed by atoms with Gasteiger partial charge in [-0.25, -0.2) is 9.37 Å². The zero-order valence-corrected chi connectivity index (χ0v) is 10.5. The second kappa shape index (κ2) is 4.51. The van der Waals surface area contributed by atoms with Crippen LogP contribution < -0.4 is 5.73 Å². The van der Waals surface area contributed by atoms with E-state index in [1.807, 2.05) is 0 Å².